The summed E-state index contributed by atoms with van der Waals surface area (Å²) in [4.78, 5) is 18.2. The summed E-state index contributed by atoms with van der Waals surface area (Å²) in [5.41, 5.74) is 1.02. The fourth-order valence-corrected chi connectivity index (χ4v) is 2.89. The predicted molar refractivity (Wildman–Crippen MR) is 78.2 cm³/mol. The van der Waals surface area contributed by atoms with Crippen molar-refractivity contribution in [2.45, 2.75) is 18.9 Å². The van der Waals surface area contributed by atoms with Crippen molar-refractivity contribution >= 4 is 29.2 Å². The van der Waals surface area contributed by atoms with Gasteiger partial charge in [-0.1, -0.05) is 29.3 Å². The number of imidazole rings is 1. The van der Waals surface area contributed by atoms with E-state index in [0.29, 0.717) is 10.0 Å². The minimum absolute atomic E-state index is 0.0414. The number of carbonyl (C=O) groups excluding carboxylic acids is 1. The Balaban J connectivity index is 1.88. The smallest absolute Gasteiger partial charge is 0.317 e. The number of hydrogen-bond donors (Lipinski definition) is 0. The molecule has 1 saturated heterocycles. The molecule has 3 rings (SSSR count). The number of halogens is 2. The van der Waals surface area contributed by atoms with Crippen molar-refractivity contribution in [3.05, 3.63) is 52.5 Å². The normalized spacial score (nSPS) is 18.5. The molecular formula is C14H13Cl2N3O. The van der Waals surface area contributed by atoms with E-state index in [1.54, 1.807) is 18.5 Å². The topological polar surface area (TPSA) is 38.1 Å². The quantitative estimate of drug-likeness (QED) is 0.798. The van der Waals surface area contributed by atoms with Crippen LogP contribution in [-0.2, 0) is 0 Å². The third kappa shape index (κ3) is 2.41. The van der Waals surface area contributed by atoms with E-state index in [1.165, 1.54) is 10.9 Å². The van der Waals surface area contributed by atoms with Crippen LogP contribution >= 0.6 is 23.2 Å². The number of likely N-dealkylation sites (tertiary alicyclic amines) is 1. The van der Waals surface area contributed by atoms with E-state index in [2.05, 4.69) is 4.98 Å². The summed E-state index contributed by atoms with van der Waals surface area (Å²) in [6, 6.07) is 5.53. The van der Waals surface area contributed by atoms with Crippen LogP contribution in [0.4, 0.5) is 4.79 Å². The highest BCUT2D eigenvalue weighted by Crippen LogP contribution is 2.35. The summed E-state index contributed by atoms with van der Waals surface area (Å²) in [5, 5.41) is 1.05. The van der Waals surface area contributed by atoms with Gasteiger partial charge in [-0.2, -0.15) is 0 Å². The zero-order chi connectivity index (χ0) is 14.1. The molecule has 0 bridgehead atoms. The number of benzene rings is 1. The third-order valence-electron chi connectivity index (χ3n) is 3.55. The molecule has 0 N–H and O–H groups in total. The zero-order valence-corrected chi connectivity index (χ0v) is 12.2. The number of hydrogen-bond acceptors (Lipinski definition) is 2. The second-order valence-corrected chi connectivity index (χ2v) is 5.59. The van der Waals surface area contributed by atoms with Crippen molar-refractivity contribution in [1.29, 1.82) is 0 Å². The van der Waals surface area contributed by atoms with Gasteiger partial charge >= 0.3 is 6.03 Å². The number of amides is 1. The fraction of sp³-hybridized carbons (Fsp3) is 0.286. The van der Waals surface area contributed by atoms with Gasteiger partial charge in [0.15, 0.2) is 0 Å². The van der Waals surface area contributed by atoms with E-state index < -0.39 is 0 Å². The van der Waals surface area contributed by atoms with Gasteiger partial charge in [0.2, 0.25) is 0 Å². The summed E-state index contributed by atoms with van der Waals surface area (Å²) in [6.45, 7) is 0.738. The Kier molecular flexibility index (Phi) is 3.68. The van der Waals surface area contributed by atoms with Crippen molar-refractivity contribution in [3.8, 4) is 0 Å². The maximum atomic E-state index is 12.4. The maximum Gasteiger partial charge on any atom is 0.329 e. The van der Waals surface area contributed by atoms with Crippen molar-refractivity contribution in [2.75, 3.05) is 6.54 Å². The number of rotatable bonds is 1. The van der Waals surface area contributed by atoms with Crippen LogP contribution in [0.5, 0.6) is 0 Å². The largest absolute Gasteiger partial charge is 0.329 e. The van der Waals surface area contributed by atoms with Crippen molar-refractivity contribution in [2.24, 2.45) is 0 Å². The summed E-state index contributed by atoms with van der Waals surface area (Å²) in [7, 11) is 0. The molecule has 0 aliphatic carbocycles. The predicted octanol–water partition coefficient (Wildman–Crippen LogP) is 4.00. The molecule has 2 heterocycles. The lowest BCUT2D eigenvalue weighted by Crippen LogP contribution is -2.33. The van der Waals surface area contributed by atoms with Gasteiger partial charge in [-0.3, -0.25) is 4.57 Å². The Hall–Kier alpha value is -1.52. The highest BCUT2D eigenvalue weighted by Gasteiger charge is 2.30. The summed E-state index contributed by atoms with van der Waals surface area (Å²) in [5.74, 6) is 0. The second-order valence-electron chi connectivity index (χ2n) is 4.78. The average molecular weight is 310 g/mol. The van der Waals surface area contributed by atoms with Crippen LogP contribution in [0.15, 0.2) is 36.9 Å². The fourth-order valence-electron chi connectivity index (χ4n) is 2.58. The molecule has 4 nitrogen and oxygen atoms in total. The molecule has 104 valence electrons. The van der Waals surface area contributed by atoms with E-state index in [4.69, 9.17) is 23.2 Å². The first-order valence-corrected chi connectivity index (χ1v) is 7.16. The van der Waals surface area contributed by atoms with Crippen molar-refractivity contribution in [1.82, 2.24) is 14.5 Å². The number of nitrogens with zero attached hydrogens (tertiary/aromatic N) is 3. The Bertz CT molecular complexity index is 627. The van der Waals surface area contributed by atoms with Gasteiger partial charge in [-0.15, -0.1) is 0 Å². The van der Waals surface area contributed by atoms with E-state index in [0.717, 1.165) is 24.9 Å². The maximum absolute atomic E-state index is 12.4. The van der Waals surface area contributed by atoms with Gasteiger partial charge in [0, 0.05) is 18.9 Å². The first kappa shape index (κ1) is 13.5. The molecule has 1 amide bonds. The van der Waals surface area contributed by atoms with E-state index >= 15 is 0 Å². The Morgan fingerprint density at radius 3 is 2.85 bits per heavy atom. The molecule has 1 fully saturated rings. The molecule has 1 aliphatic heterocycles. The third-order valence-corrected chi connectivity index (χ3v) is 4.29. The van der Waals surface area contributed by atoms with Crippen LogP contribution in [0, 0.1) is 0 Å². The molecule has 1 aromatic carbocycles. The molecular weight excluding hydrogens is 297 g/mol. The van der Waals surface area contributed by atoms with Crippen LogP contribution in [-0.4, -0.2) is 27.0 Å². The van der Waals surface area contributed by atoms with Crippen molar-refractivity contribution < 1.29 is 4.79 Å². The minimum Gasteiger partial charge on any atom is -0.317 e. The molecule has 2 aromatic rings. The SMILES string of the molecule is O=C(N1CCCC1c1ccc(Cl)c(Cl)c1)n1ccnc1. The molecule has 1 aromatic heterocycles. The Morgan fingerprint density at radius 1 is 1.30 bits per heavy atom. The van der Waals surface area contributed by atoms with E-state index in [9.17, 15) is 4.79 Å². The number of carbonyl (C=O) groups is 1. The first-order valence-electron chi connectivity index (χ1n) is 6.40. The molecule has 6 heteroatoms. The van der Waals surface area contributed by atoms with Gasteiger partial charge in [-0.05, 0) is 30.5 Å². The van der Waals surface area contributed by atoms with E-state index in [1.807, 2.05) is 17.0 Å². The van der Waals surface area contributed by atoms with Crippen LogP contribution in [0.3, 0.4) is 0 Å². The molecule has 0 radical (unpaired) electrons. The Morgan fingerprint density at radius 2 is 2.15 bits per heavy atom. The summed E-state index contributed by atoms with van der Waals surface area (Å²) in [6.07, 6.45) is 6.69. The molecule has 1 unspecified atom stereocenters. The lowest BCUT2D eigenvalue weighted by atomic mass is 10.0. The molecule has 0 saturated carbocycles. The summed E-state index contributed by atoms with van der Waals surface area (Å²) >= 11 is 12.0. The monoisotopic (exact) mass is 309 g/mol. The molecule has 1 aliphatic rings. The van der Waals surface area contributed by atoms with Crippen molar-refractivity contribution in [3.63, 3.8) is 0 Å². The highest BCUT2D eigenvalue weighted by atomic mass is 35.5. The molecule has 0 spiro atoms. The molecule has 1 atom stereocenters. The second kappa shape index (κ2) is 5.46. The van der Waals surface area contributed by atoms with E-state index in [-0.39, 0.29) is 12.1 Å². The summed E-state index contributed by atoms with van der Waals surface area (Å²) < 4.78 is 1.50. The van der Waals surface area contributed by atoms with Crippen LogP contribution < -0.4 is 0 Å². The standard InChI is InChI=1S/C14H13Cl2N3O/c15-11-4-3-10(8-12(11)16)13-2-1-6-19(13)14(20)18-7-5-17-9-18/h3-5,7-9,13H,1-2,6H2. The van der Waals surface area contributed by atoms with Gasteiger partial charge < -0.3 is 4.90 Å². The highest BCUT2D eigenvalue weighted by molar-refractivity contribution is 6.42. The zero-order valence-electron chi connectivity index (χ0n) is 10.7. The molecule has 20 heavy (non-hydrogen) atoms. The van der Waals surface area contributed by atoms with Gasteiger partial charge in [0.1, 0.15) is 6.33 Å². The minimum atomic E-state index is -0.0592. The van der Waals surface area contributed by atoms with Gasteiger partial charge in [0.05, 0.1) is 16.1 Å². The van der Waals surface area contributed by atoms with Gasteiger partial charge in [0.25, 0.3) is 0 Å². The van der Waals surface area contributed by atoms with Crippen LogP contribution in [0.2, 0.25) is 10.0 Å². The first-order chi connectivity index (χ1) is 9.66. The average Bonchev–Trinajstić information content (AvgIpc) is 3.11. The van der Waals surface area contributed by atoms with Gasteiger partial charge in [-0.25, -0.2) is 9.78 Å². The number of aromatic nitrogens is 2. The lowest BCUT2D eigenvalue weighted by molar-refractivity contribution is 0.194. The van der Waals surface area contributed by atoms with Crippen LogP contribution in [0.1, 0.15) is 24.4 Å². The Labute approximate surface area is 126 Å². The van der Waals surface area contributed by atoms with Crippen LogP contribution in [0.25, 0.3) is 0 Å². The lowest BCUT2D eigenvalue weighted by Gasteiger charge is -2.25.